The van der Waals surface area contributed by atoms with E-state index in [1.807, 2.05) is 61.5 Å². The Hall–Kier alpha value is -5.28. The molecule has 0 bridgehead atoms. The molecular formula is C36H38N4O5. The smallest absolute Gasteiger partial charge is 0.323 e. The molecule has 4 N–H and O–H groups in total. The highest BCUT2D eigenvalue weighted by atomic mass is 16.5. The van der Waals surface area contributed by atoms with Crippen molar-refractivity contribution in [1.29, 1.82) is 0 Å². The molecular weight excluding hydrogens is 568 g/mol. The van der Waals surface area contributed by atoms with Crippen molar-refractivity contribution in [2.45, 2.75) is 39.7 Å². The quantitative estimate of drug-likeness (QED) is 0.133. The van der Waals surface area contributed by atoms with Gasteiger partial charge in [-0.1, -0.05) is 51.1 Å². The number of anilines is 4. The lowest BCUT2D eigenvalue weighted by Crippen LogP contribution is -2.21. The van der Waals surface area contributed by atoms with Crippen LogP contribution in [0.25, 0.3) is 10.8 Å². The number of aryl methyl sites for hydroxylation is 1. The minimum atomic E-state index is -0.385. The highest BCUT2D eigenvalue weighted by Crippen LogP contribution is 2.37. The van der Waals surface area contributed by atoms with Crippen LogP contribution >= 0.6 is 0 Å². The molecule has 5 aromatic rings. The van der Waals surface area contributed by atoms with Crippen molar-refractivity contribution in [3.8, 4) is 23.0 Å². The summed E-state index contributed by atoms with van der Waals surface area (Å²) >= 11 is 0. The van der Waals surface area contributed by atoms with Crippen molar-refractivity contribution in [2.75, 3.05) is 30.2 Å². The molecule has 2 amide bonds. The van der Waals surface area contributed by atoms with Crippen LogP contribution < -0.4 is 30.2 Å². The fourth-order valence-corrected chi connectivity index (χ4v) is 5.08. The van der Waals surface area contributed by atoms with Gasteiger partial charge in [0.05, 0.1) is 32.2 Å². The number of hydrogen-bond acceptors (Lipinski definition) is 7. The second-order valence-corrected chi connectivity index (χ2v) is 11.7. The first-order valence-corrected chi connectivity index (χ1v) is 14.6. The van der Waals surface area contributed by atoms with E-state index in [1.54, 1.807) is 38.6 Å². The highest BCUT2D eigenvalue weighted by Gasteiger charge is 2.20. The highest BCUT2D eigenvalue weighted by molar-refractivity contribution is 6.08. The minimum Gasteiger partial charge on any atom is -0.497 e. The van der Waals surface area contributed by atoms with Crippen molar-refractivity contribution in [3.63, 3.8) is 0 Å². The number of aliphatic hydroxyl groups is 1. The van der Waals surface area contributed by atoms with Crippen LogP contribution in [-0.4, -0.2) is 30.3 Å². The minimum absolute atomic E-state index is 0.0971. The fourth-order valence-electron chi connectivity index (χ4n) is 5.08. The maximum atomic E-state index is 13.3. The normalized spacial score (nSPS) is 11.2. The molecule has 0 atom stereocenters. The average Bonchev–Trinajstić information content (AvgIpc) is 3.01. The zero-order valence-corrected chi connectivity index (χ0v) is 26.3. The lowest BCUT2D eigenvalue weighted by molar-refractivity contribution is 0.262. The van der Waals surface area contributed by atoms with E-state index in [9.17, 15) is 9.90 Å². The lowest BCUT2D eigenvalue weighted by Gasteiger charge is -2.23. The van der Waals surface area contributed by atoms with Gasteiger partial charge in [0, 0.05) is 34.8 Å². The topological polar surface area (TPSA) is 114 Å². The molecule has 0 saturated heterocycles. The van der Waals surface area contributed by atoms with Crippen LogP contribution in [0.1, 0.15) is 37.5 Å². The van der Waals surface area contributed by atoms with Crippen LogP contribution in [0.3, 0.4) is 0 Å². The Balaban J connectivity index is 1.37. The van der Waals surface area contributed by atoms with E-state index in [0.717, 1.165) is 27.6 Å². The van der Waals surface area contributed by atoms with Gasteiger partial charge < -0.3 is 35.3 Å². The van der Waals surface area contributed by atoms with Crippen LogP contribution in [0.15, 0.2) is 85.1 Å². The van der Waals surface area contributed by atoms with Gasteiger partial charge in [0.15, 0.2) is 0 Å². The van der Waals surface area contributed by atoms with Gasteiger partial charge in [-0.15, -0.1) is 0 Å². The van der Waals surface area contributed by atoms with Crippen LogP contribution in [0.2, 0.25) is 0 Å². The Bertz CT molecular complexity index is 1830. The first-order chi connectivity index (χ1) is 21.6. The van der Waals surface area contributed by atoms with Crippen molar-refractivity contribution in [2.24, 2.45) is 0 Å². The number of nitrogens with zero attached hydrogens (tertiary/aromatic N) is 1. The fraction of sp³-hybridized carbons (Fsp3) is 0.222. The number of hydrogen-bond donors (Lipinski definition) is 4. The average molecular weight is 607 g/mol. The third-order valence-corrected chi connectivity index (χ3v) is 7.34. The molecule has 0 aliphatic carbocycles. The number of benzene rings is 4. The van der Waals surface area contributed by atoms with Crippen molar-refractivity contribution in [1.82, 2.24) is 4.98 Å². The van der Waals surface area contributed by atoms with Crippen LogP contribution in [0.5, 0.6) is 23.0 Å². The van der Waals surface area contributed by atoms with E-state index >= 15 is 0 Å². The van der Waals surface area contributed by atoms with Crippen molar-refractivity contribution >= 4 is 39.7 Å². The van der Waals surface area contributed by atoms with Gasteiger partial charge in [-0.3, -0.25) is 0 Å². The van der Waals surface area contributed by atoms with Gasteiger partial charge in [-0.2, -0.15) is 0 Å². The summed E-state index contributed by atoms with van der Waals surface area (Å²) in [5.41, 5.74) is 4.61. The Morgan fingerprint density at radius 2 is 1.60 bits per heavy atom. The number of aromatic nitrogens is 1. The third kappa shape index (κ3) is 7.27. The first kappa shape index (κ1) is 31.2. The summed E-state index contributed by atoms with van der Waals surface area (Å²) in [4.78, 5) is 17.7. The zero-order chi connectivity index (χ0) is 32.1. The van der Waals surface area contributed by atoms with E-state index < -0.39 is 0 Å². The molecule has 0 radical (unpaired) electrons. The number of amides is 2. The number of fused-ring (bicyclic) bond motifs is 1. The molecule has 0 aliphatic rings. The van der Waals surface area contributed by atoms with E-state index in [1.165, 1.54) is 0 Å². The Morgan fingerprint density at radius 1 is 0.844 bits per heavy atom. The van der Waals surface area contributed by atoms with E-state index in [-0.39, 0.29) is 18.1 Å². The second kappa shape index (κ2) is 13.2. The number of aliphatic hydroxyl groups excluding tert-OH is 1. The SMILES string of the molecule is COc1cc(CO)cc(Nc2cc(Oc3ccc(NC(=O)Nc4cc(C(C)(C)C)cc(C)c4OC)c4ccccc34)ccn2)c1. The lowest BCUT2D eigenvalue weighted by atomic mass is 9.85. The van der Waals surface area contributed by atoms with Crippen molar-refractivity contribution in [3.05, 3.63) is 102 Å². The summed E-state index contributed by atoms with van der Waals surface area (Å²) in [7, 11) is 3.18. The summed E-state index contributed by atoms with van der Waals surface area (Å²) in [6.07, 6.45) is 1.65. The van der Waals surface area contributed by atoms with Crippen molar-refractivity contribution < 1.29 is 24.1 Å². The van der Waals surface area contributed by atoms with Gasteiger partial charge in [0.2, 0.25) is 0 Å². The van der Waals surface area contributed by atoms with E-state index in [2.05, 4.69) is 47.8 Å². The number of nitrogens with one attached hydrogen (secondary N) is 3. The van der Waals surface area contributed by atoms with E-state index in [4.69, 9.17) is 14.2 Å². The molecule has 0 unspecified atom stereocenters. The maximum Gasteiger partial charge on any atom is 0.323 e. The molecule has 0 aliphatic heterocycles. The molecule has 1 aromatic heterocycles. The van der Waals surface area contributed by atoms with Gasteiger partial charge >= 0.3 is 6.03 Å². The molecule has 1 heterocycles. The number of methoxy groups -OCH3 is 2. The van der Waals surface area contributed by atoms with Gasteiger partial charge in [0.25, 0.3) is 0 Å². The van der Waals surface area contributed by atoms with Gasteiger partial charge in [0.1, 0.15) is 28.8 Å². The number of pyridine rings is 1. The molecule has 232 valence electrons. The largest absolute Gasteiger partial charge is 0.497 e. The number of carbonyl (C=O) groups excluding carboxylic acids is 1. The zero-order valence-electron chi connectivity index (χ0n) is 26.3. The third-order valence-electron chi connectivity index (χ3n) is 7.34. The molecule has 0 spiro atoms. The first-order valence-electron chi connectivity index (χ1n) is 14.6. The predicted molar refractivity (Wildman–Crippen MR) is 180 cm³/mol. The Labute approximate surface area is 263 Å². The summed E-state index contributed by atoms with van der Waals surface area (Å²) in [5, 5.41) is 20.5. The number of ether oxygens (including phenoxy) is 3. The standard InChI is InChI=1S/C36H38N4O5/c1-22-15-24(36(2,3)4)18-31(34(22)44-6)40-35(42)39-30-11-12-32(29-10-8-7-9-28(29)30)45-26-13-14-37-33(20-26)38-25-16-23(21-41)17-27(19-25)43-5/h7-20,41H,21H2,1-6H3,(H,37,38)(H2,39,40,42). The van der Waals surface area contributed by atoms with Crippen LogP contribution in [0, 0.1) is 6.92 Å². The second-order valence-electron chi connectivity index (χ2n) is 11.7. The molecule has 0 fully saturated rings. The summed E-state index contributed by atoms with van der Waals surface area (Å²) in [6, 6.07) is 24.0. The Morgan fingerprint density at radius 3 is 2.31 bits per heavy atom. The van der Waals surface area contributed by atoms with Gasteiger partial charge in [-0.05, 0) is 65.4 Å². The van der Waals surface area contributed by atoms with Crippen LogP contribution in [-0.2, 0) is 12.0 Å². The predicted octanol–water partition coefficient (Wildman–Crippen LogP) is 8.53. The molecule has 4 aromatic carbocycles. The summed E-state index contributed by atoms with van der Waals surface area (Å²) < 4.78 is 17.3. The van der Waals surface area contributed by atoms with Gasteiger partial charge in [-0.25, -0.2) is 9.78 Å². The number of rotatable bonds is 9. The monoisotopic (exact) mass is 606 g/mol. The molecule has 9 nitrogen and oxygen atoms in total. The Kier molecular flexibility index (Phi) is 9.11. The molecule has 45 heavy (non-hydrogen) atoms. The van der Waals surface area contributed by atoms with Crippen LogP contribution in [0.4, 0.5) is 27.7 Å². The maximum absolute atomic E-state index is 13.3. The molecule has 0 saturated carbocycles. The number of urea groups is 1. The summed E-state index contributed by atoms with van der Waals surface area (Å²) in [5.74, 6) is 3.00. The molecule has 5 rings (SSSR count). The number of carbonyl (C=O) groups is 1. The summed E-state index contributed by atoms with van der Waals surface area (Å²) in [6.45, 7) is 8.25. The van der Waals surface area contributed by atoms with E-state index in [0.29, 0.717) is 45.8 Å². The molecule has 9 heteroatoms.